The van der Waals surface area contributed by atoms with Crippen LogP contribution in [-0.4, -0.2) is 28.4 Å². The number of hydrogen-bond donors (Lipinski definition) is 2. The van der Waals surface area contributed by atoms with Crippen molar-refractivity contribution in [3.8, 4) is 0 Å². The highest BCUT2D eigenvalue weighted by Crippen LogP contribution is 2.11. The minimum absolute atomic E-state index is 0.168. The molecular weight excluding hydrogens is 242 g/mol. The third-order valence-corrected chi connectivity index (χ3v) is 3.81. The van der Waals surface area contributed by atoms with E-state index in [2.05, 4.69) is 20.0 Å². The van der Waals surface area contributed by atoms with E-state index in [-0.39, 0.29) is 11.4 Å². The van der Waals surface area contributed by atoms with E-state index in [0.717, 1.165) is 5.56 Å². The second-order valence-corrected chi connectivity index (χ2v) is 5.44. The van der Waals surface area contributed by atoms with Crippen LogP contribution in [0.4, 0.5) is 0 Å². The van der Waals surface area contributed by atoms with Gasteiger partial charge in [0, 0.05) is 25.4 Å². The molecule has 0 fully saturated rings. The first kappa shape index (κ1) is 11.8. The highest BCUT2D eigenvalue weighted by atomic mass is 32.2. The van der Waals surface area contributed by atoms with E-state index < -0.39 is 10.0 Å². The van der Waals surface area contributed by atoms with Crippen LogP contribution in [0.2, 0.25) is 0 Å². The molecule has 92 valence electrons. The summed E-state index contributed by atoms with van der Waals surface area (Å²) in [6.45, 7) is 1.87. The monoisotopic (exact) mass is 255 g/mol. The van der Waals surface area contributed by atoms with E-state index in [9.17, 15) is 8.42 Å². The molecule has 0 unspecified atom stereocenters. The Morgan fingerprint density at radius 1 is 1.47 bits per heavy atom. The zero-order valence-corrected chi connectivity index (χ0v) is 10.3. The van der Waals surface area contributed by atoms with Gasteiger partial charge in [0.1, 0.15) is 4.90 Å². The lowest BCUT2D eigenvalue weighted by molar-refractivity contribution is 0.580. The number of nitrogens with one attached hydrogen (secondary N) is 2. The Kier molecular flexibility index (Phi) is 2.99. The Morgan fingerprint density at radius 2 is 2.24 bits per heavy atom. The van der Waals surface area contributed by atoms with Gasteiger partial charge >= 0.3 is 0 Å². The van der Waals surface area contributed by atoms with Crippen molar-refractivity contribution in [3.05, 3.63) is 29.8 Å². The molecule has 0 aliphatic rings. The summed E-state index contributed by atoms with van der Waals surface area (Å²) in [5.41, 5.74) is 1.32. The maximum atomic E-state index is 11.9. The largest absolute Gasteiger partial charge is 0.281 e. The number of rotatable bonds is 4. The number of nitrogens with zero attached hydrogens (tertiary/aromatic N) is 3. The molecule has 0 saturated heterocycles. The van der Waals surface area contributed by atoms with E-state index in [1.54, 1.807) is 31.0 Å². The molecular formula is C9H13N5O2S. The van der Waals surface area contributed by atoms with E-state index in [1.165, 1.54) is 6.20 Å². The molecule has 0 bridgehead atoms. The van der Waals surface area contributed by atoms with Crippen molar-refractivity contribution in [2.45, 2.75) is 18.4 Å². The fourth-order valence-electron chi connectivity index (χ4n) is 1.43. The van der Waals surface area contributed by atoms with Crippen LogP contribution in [0.5, 0.6) is 0 Å². The van der Waals surface area contributed by atoms with Gasteiger partial charge < -0.3 is 0 Å². The van der Waals surface area contributed by atoms with Crippen LogP contribution < -0.4 is 4.72 Å². The van der Waals surface area contributed by atoms with Crippen molar-refractivity contribution >= 4 is 10.0 Å². The Bertz CT molecular complexity index is 613. The average molecular weight is 255 g/mol. The van der Waals surface area contributed by atoms with Gasteiger partial charge in [-0.2, -0.15) is 10.2 Å². The van der Waals surface area contributed by atoms with Crippen LogP contribution in [0.25, 0.3) is 0 Å². The lowest BCUT2D eigenvalue weighted by Crippen LogP contribution is -2.23. The van der Waals surface area contributed by atoms with Crippen LogP contribution in [0.15, 0.2) is 23.5 Å². The maximum absolute atomic E-state index is 11.9. The van der Waals surface area contributed by atoms with Crippen molar-refractivity contribution in [3.63, 3.8) is 0 Å². The molecule has 17 heavy (non-hydrogen) atoms. The summed E-state index contributed by atoms with van der Waals surface area (Å²) in [6, 6.07) is 0. The molecule has 2 heterocycles. The lowest BCUT2D eigenvalue weighted by Gasteiger charge is -2.03. The molecule has 2 N–H and O–H groups in total. The van der Waals surface area contributed by atoms with Crippen LogP contribution in [0.1, 0.15) is 11.3 Å². The van der Waals surface area contributed by atoms with Crippen LogP contribution in [0.3, 0.4) is 0 Å². The molecule has 0 aliphatic carbocycles. The predicted molar refractivity (Wildman–Crippen MR) is 60.6 cm³/mol. The molecule has 2 aromatic heterocycles. The van der Waals surface area contributed by atoms with Gasteiger partial charge in [-0.1, -0.05) is 0 Å². The highest BCUT2D eigenvalue weighted by molar-refractivity contribution is 7.89. The number of aromatic amines is 1. The summed E-state index contributed by atoms with van der Waals surface area (Å²) in [7, 11) is -1.74. The predicted octanol–water partition coefficient (Wildman–Crippen LogP) is -0.0699. The van der Waals surface area contributed by atoms with E-state index in [1.807, 2.05) is 0 Å². The second-order valence-electron chi connectivity index (χ2n) is 3.71. The van der Waals surface area contributed by atoms with Crippen molar-refractivity contribution in [1.82, 2.24) is 24.7 Å². The molecule has 0 spiro atoms. The summed E-state index contributed by atoms with van der Waals surface area (Å²) in [4.78, 5) is 0.168. The molecule has 8 heteroatoms. The second kappa shape index (κ2) is 4.30. The molecule has 0 radical (unpaired) electrons. The Balaban J connectivity index is 2.11. The summed E-state index contributed by atoms with van der Waals surface area (Å²) in [5, 5.41) is 10.2. The maximum Gasteiger partial charge on any atom is 0.244 e. The fraction of sp³-hybridized carbons (Fsp3) is 0.333. The standard InChI is InChI=1S/C9H13N5O2S/c1-7-9(5-10-13-7)17(15,16)12-4-8-3-11-14(2)6-8/h3,5-6,12H,4H2,1-2H3,(H,10,13). The normalized spacial score (nSPS) is 11.9. The average Bonchev–Trinajstić information content (AvgIpc) is 2.85. The third-order valence-electron chi connectivity index (χ3n) is 2.30. The van der Waals surface area contributed by atoms with Gasteiger partial charge in [0.2, 0.25) is 10.0 Å². The zero-order valence-electron chi connectivity index (χ0n) is 9.51. The van der Waals surface area contributed by atoms with Gasteiger partial charge in [0.15, 0.2) is 0 Å². The molecule has 2 rings (SSSR count). The molecule has 7 nitrogen and oxygen atoms in total. The highest BCUT2D eigenvalue weighted by Gasteiger charge is 2.18. The smallest absolute Gasteiger partial charge is 0.244 e. The molecule has 0 aliphatic heterocycles. The number of sulfonamides is 1. The Morgan fingerprint density at radius 3 is 2.76 bits per heavy atom. The van der Waals surface area contributed by atoms with Gasteiger partial charge in [-0.3, -0.25) is 9.78 Å². The number of aryl methyl sites for hydroxylation is 2. The summed E-state index contributed by atoms with van der Waals surface area (Å²) >= 11 is 0. The Hall–Kier alpha value is -1.67. The first-order valence-electron chi connectivity index (χ1n) is 4.96. The Labute approximate surface area is 98.9 Å². The van der Waals surface area contributed by atoms with Crippen LogP contribution >= 0.6 is 0 Å². The van der Waals surface area contributed by atoms with Gasteiger partial charge in [-0.15, -0.1) is 0 Å². The topological polar surface area (TPSA) is 92.7 Å². The first-order chi connectivity index (χ1) is 7.99. The lowest BCUT2D eigenvalue weighted by atomic mass is 10.4. The van der Waals surface area contributed by atoms with E-state index in [4.69, 9.17) is 0 Å². The summed E-state index contributed by atoms with van der Waals surface area (Å²) < 4.78 is 27.9. The molecule has 0 atom stereocenters. The fourth-order valence-corrected chi connectivity index (χ4v) is 2.58. The number of hydrogen-bond acceptors (Lipinski definition) is 4. The number of H-pyrrole nitrogens is 1. The van der Waals surface area contributed by atoms with Gasteiger partial charge in [0.25, 0.3) is 0 Å². The summed E-state index contributed by atoms with van der Waals surface area (Å²) in [6.07, 6.45) is 4.66. The SMILES string of the molecule is Cc1[nH]ncc1S(=O)(=O)NCc1cnn(C)c1. The van der Waals surface area contributed by atoms with Crippen molar-refractivity contribution in [1.29, 1.82) is 0 Å². The molecule has 0 aromatic carbocycles. The zero-order chi connectivity index (χ0) is 12.5. The summed E-state index contributed by atoms with van der Waals surface area (Å²) in [5.74, 6) is 0. The minimum atomic E-state index is -3.52. The van der Waals surface area contributed by atoms with E-state index >= 15 is 0 Å². The minimum Gasteiger partial charge on any atom is -0.281 e. The van der Waals surface area contributed by atoms with Crippen LogP contribution in [0, 0.1) is 6.92 Å². The molecule has 2 aromatic rings. The van der Waals surface area contributed by atoms with Crippen molar-refractivity contribution in [2.75, 3.05) is 0 Å². The molecule has 0 amide bonds. The van der Waals surface area contributed by atoms with Crippen molar-refractivity contribution < 1.29 is 8.42 Å². The molecule has 0 saturated carbocycles. The van der Waals surface area contributed by atoms with Gasteiger partial charge in [-0.05, 0) is 6.92 Å². The quantitative estimate of drug-likeness (QED) is 0.799. The van der Waals surface area contributed by atoms with Gasteiger partial charge in [0.05, 0.1) is 18.1 Å². The van der Waals surface area contributed by atoms with Crippen molar-refractivity contribution in [2.24, 2.45) is 7.05 Å². The van der Waals surface area contributed by atoms with E-state index in [0.29, 0.717) is 5.69 Å². The first-order valence-corrected chi connectivity index (χ1v) is 6.44. The van der Waals surface area contributed by atoms with Crippen LogP contribution in [-0.2, 0) is 23.6 Å². The number of aromatic nitrogens is 4. The third kappa shape index (κ3) is 2.53. The van der Waals surface area contributed by atoms with Gasteiger partial charge in [-0.25, -0.2) is 13.1 Å².